The lowest BCUT2D eigenvalue weighted by molar-refractivity contribution is -0.144. The Morgan fingerprint density at radius 3 is 2.56 bits per heavy atom. The molecule has 2 aromatic rings. The van der Waals surface area contributed by atoms with Crippen LogP contribution in [0.2, 0.25) is 0 Å². The number of likely N-dealkylation sites (tertiary alicyclic amines) is 1. The second-order valence-electron chi connectivity index (χ2n) is 12.6. The number of carbonyl (C=O) groups is 5. The maximum atomic E-state index is 14.0. The normalized spacial score (nSPS) is 20.5. The van der Waals surface area contributed by atoms with Crippen LogP contribution in [0.4, 0.5) is 10.5 Å². The first-order chi connectivity index (χ1) is 24.2. The van der Waals surface area contributed by atoms with Crippen molar-refractivity contribution in [3.8, 4) is 0 Å². The van der Waals surface area contributed by atoms with E-state index in [9.17, 15) is 28.8 Å². The van der Waals surface area contributed by atoms with Gasteiger partial charge in [0, 0.05) is 35.9 Å². The van der Waals surface area contributed by atoms with Gasteiger partial charge in [-0.15, -0.1) is 0 Å². The first-order valence-electron chi connectivity index (χ1n) is 16.8. The molecule has 15 nitrogen and oxygen atoms in total. The number of anilines is 1. The SMILES string of the molecule is N=C(N)NCCC[C@H](NC(=O)[C@@H]1CCCN1C(=O)C1CCCCC1NC(=O)OCc1ccccc1)C(=O)C(O[C]=O)c1c2cccc1C(=O)N2. The Kier molecular flexibility index (Phi) is 12.0. The molecule has 2 fully saturated rings. The van der Waals surface area contributed by atoms with Crippen LogP contribution in [0.5, 0.6) is 0 Å². The molecule has 3 unspecified atom stereocenters. The third-order valence-corrected chi connectivity index (χ3v) is 9.37. The fourth-order valence-electron chi connectivity index (χ4n) is 6.95. The topological polar surface area (TPSA) is 222 Å². The van der Waals surface area contributed by atoms with Crippen LogP contribution in [0.15, 0.2) is 48.5 Å². The quantitative estimate of drug-likeness (QED) is 0.0909. The second-order valence-corrected chi connectivity index (χ2v) is 12.6. The summed E-state index contributed by atoms with van der Waals surface area (Å²) in [6, 6.07) is 11.4. The van der Waals surface area contributed by atoms with Crippen LogP contribution >= 0.6 is 0 Å². The van der Waals surface area contributed by atoms with Gasteiger partial charge in [-0.05, 0) is 56.2 Å². The van der Waals surface area contributed by atoms with Gasteiger partial charge in [0.05, 0.1) is 12.0 Å². The lowest BCUT2D eigenvalue weighted by Crippen LogP contribution is -2.55. The predicted molar refractivity (Wildman–Crippen MR) is 180 cm³/mol. The number of carbonyl (C=O) groups excluding carboxylic acids is 6. The van der Waals surface area contributed by atoms with Gasteiger partial charge in [0.2, 0.25) is 11.8 Å². The molecule has 0 aromatic heterocycles. The number of hydrogen-bond donors (Lipinski definition) is 6. The largest absolute Gasteiger partial charge is 0.445 e. The highest BCUT2D eigenvalue weighted by molar-refractivity contribution is 6.13. The van der Waals surface area contributed by atoms with Crippen molar-refractivity contribution >= 4 is 47.7 Å². The highest BCUT2D eigenvalue weighted by Gasteiger charge is 2.43. The van der Waals surface area contributed by atoms with E-state index in [1.54, 1.807) is 12.1 Å². The van der Waals surface area contributed by atoms with Gasteiger partial charge in [-0.3, -0.25) is 24.6 Å². The van der Waals surface area contributed by atoms with Crippen LogP contribution in [-0.2, 0) is 35.3 Å². The smallest absolute Gasteiger partial charge is 0.418 e. The summed E-state index contributed by atoms with van der Waals surface area (Å²) in [4.78, 5) is 80.1. The summed E-state index contributed by atoms with van der Waals surface area (Å²) in [5.74, 6) is -2.77. The number of nitrogens with two attached hydrogens (primary N) is 1. The minimum atomic E-state index is -1.54. The first-order valence-corrected chi connectivity index (χ1v) is 16.8. The molecule has 5 rings (SSSR count). The molecule has 1 aliphatic carbocycles. The molecule has 1 radical (unpaired) electrons. The van der Waals surface area contributed by atoms with Crippen LogP contribution in [0, 0.1) is 11.3 Å². The average molecular weight is 689 g/mol. The number of guanidine groups is 1. The van der Waals surface area contributed by atoms with E-state index in [1.807, 2.05) is 30.3 Å². The lowest BCUT2D eigenvalue weighted by atomic mass is 9.83. The van der Waals surface area contributed by atoms with E-state index in [0.29, 0.717) is 44.3 Å². The molecule has 7 N–H and O–H groups in total. The monoisotopic (exact) mass is 688 g/mol. The van der Waals surface area contributed by atoms with Gasteiger partial charge in [0.25, 0.3) is 5.91 Å². The van der Waals surface area contributed by atoms with Crippen LogP contribution in [0.3, 0.4) is 0 Å². The summed E-state index contributed by atoms with van der Waals surface area (Å²) < 4.78 is 10.5. The molecule has 2 aliphatic heterocycles. The van der Waals surface area contributed by atoms with Gasteiger partial charge in [0.15, 0.2) is 17.8 Å². The molecule has 0 spiro atoms. The Morgan fingerprint density at radius 2 is 1.82 bits per heavy atom. The van der Waals surface area contributed by atoms with E-state index in [4.69, 9.17) is 20.6 Å². The summed E-state index contributed by atoms with van der Waals surface area (Å²) >= 11 is 0. The van der Waals surface area contributed by atoms with Crippen LogP contribution in [0.25, 0.3) is 0 Å². The van der Waals surface area contributed by atoms with Gasteiger partial charge >= 0.3 is 12.6 Å². The Balaban J connectivity index is 1.28. The summed E-state index contributed by atoms with van der Waals surface area (Å²) in [5.41, 5.74) is 6.86. The van der Waals surface area contributed by atoms with E-state index >= 15 is 0 Å². The molecule has 2 heterocycles. The van der Waals surface area contributed by atoms with Gasteiger partial charge < -0.3 is 41.4 Å². The minimum Gasteiger partial charge on any atom is -0.445 e. The zero-order valence-corrected chi connectivity index (χ0v) is 27.6. The zero-order valence-electron chi connectivity index (χ0n) is 27.6. The molecule has 3 aliphatic rings. The molecular weight excluding hydrogens is 646 g/mol. The van der Waals surface area contributed by atoms with Crippen molar-refractivity contribution in [3.05, 3.63) is 65.2 Å². The van der Waals surface area contributed by atoms with Gasteiger partial charge in [-0.1, -0.05) is 49.2 Å². The molecule has 5 atom stereocenters. The summed E-state index contributed by atoms with van der Waals surface area (Å²) in [5, 5.41) is 18.4. The zero-order chi connectivity index (χ0) is 35.6. The highest BCUT2D eigenvalue weighted by Crippen LogP contribution is 2.36. The Bertz CT molecular complexity index is 1600. The van der Waals surface area contributed by atoms with Gasteiger partial charge in [-0.2, -0.15) is 0 Å². The Hall–Kier alpha value is -5.47. The van der Waals surface area contributed by atoms with Crippen molar-refractivity contribution < 1.29 is 38.2 Å². The summed E-state index contributed by atoms with van der Waals surface area (Å²) in [7, 11) is 0. The number of nitrogens with zero attached hydrogens (tertiary/aromatic N) is 1. The van der Waals surface area contributed by atoms with Crippen molar-refractivity contribution in [1.82, 2.24) is 20.9 Å². The maximum Gasteiger partial charge on any atom is 0.418 e. The van der Waals surface area contributed by atoms with Gasteiger partial charge in [-0.25, -0.2) is 9.59 Å². The maximum absolute atomic E-state index is 14.0. The van der Waals surface area contributed by atoms with Crippen molar-refractivity contribution in [1.29, 1.82) is 5.41 Å². The molecule has 15 heteroatoms. The molecule has 4 amide bonds. The lowest BCUT2D eigenvalue weighted by Gasteiger charge is -2.35. The summed E-state index contributed by atoms with van der Waals surface area (Å²) in [6.07, 6.45) is 1.87. The van der Waals surface area contributed by atoms with E-state index in [1.165, 1.54) is 17.4 Å². The predicted octanol–water partition coefficient (Wildman–Crippen LogP) is 2.17. The highest BCUT2D eigenvalue weighted by atomic mass is 16.5. The van der Waals surface area contributed by atoms with E-state index in [2.05, 4.69) is 21.3 Å². The molecular formula is C35H42N7O8. The van der Waals surface area contributed by atoms with Crippen LogP contribution < -0.4 is 27.0 Å². The molecule has 1 saturated carbocycles. The van der Waals surface area contributed by atoms with Gasteiger partial charge in [0.1, 0.15) is 12.6 Å². The fraction of sp³-hybridized carbons (Fsp3) is 0.457. The van der Waals surface area contributed by atoms with E-state index < -0.39 is 53.8 Å². The summed E-state index contributed by atoms with van der Waals surface area (Å²) in [6.45, 7) is 1.95. The van der Waals surface area contributed by atoms with Crippen molar-refractivity contribution in [3.63, 3.8) is 0 Å². The Morgan fingerprint density at radius 1 is 1.04 bits per heavy atom. The van der Waals surface area contributed by atoms with Crippen molar-refractivity contribution in [2.45, 2.75) is 82.2 Å². The van der Waals surface area contributed by atoms with Crippen LogP contribution in [0.1, 0.15) is 79.0 Å². The molecule has 2 bridgehead atoms. The molecule has 2 aromatic carbocycles. The standard InChI is InChI=1S/C35H42N7O8/c36-34(37)38-17-7-15-26(29(44)30(50-20-43)28-23-12-6-14-25(28)39-31(23)45)40-32(46)27-16-8-18-42(27)33(47)22-11-4-5-13-24(22)41-35(48)49-19-21-9-2-1-3-10-21/h1-3,6,9-10,12,14,22,24,26-27,30H,4-5,7-8,11,13,15-19H2,(H,39,45)(H,40,46)(H,41,48)(H4,36,37,38)/t22?,24?,26-,27-,30?/m0/s1. The number of alkyl carbamates (subject to hydrolysis) is 1. The number of rotatable bonds is 15. The third-order valence-electron chi connectivity index (χ3n) is 9.37. The first kappa shape index (κ1) is 35.8. The number of amides is 4. The van der Waals surface area contributed by atoms with Crippen LogP contribution in [-0.4, -0.2) is 78.1 Å². The number of benzene rings is 2. The number of nitrogens with one attached hydrogen (secondary N) is 5. The van der Waals surface area contributed by atoms with Crippen molar-refractivity contribution in [2.75, 3.05) is 18.4 Å². The third kappa shape index (κ3) is 8.57. The van der Waals surface area contributed by atoms with E-state index in [-0.39, 0.29) is 42.6 Å². The van der Waals surface area contributed by atoms with Crippen molar-refractivity contribution in [2.24, 2.45) is 11.7 Å². The number of hydrogen-bond acceptors (Lipinski definition) is 9. The average Bonchev–Trinajstić information content (AvgIpc) is 3.67. The van der Waals surface area contributed by atoms with E-state index in [0.717, 1.165) is 18.4 Å². The minimum absolute atomic E-state index is 0.0722. The Labute approximate surface area is 289 Å². The number of fused-ring (bicyclic) bond motifs is 2. The number of ketones is 1. The fourth-order valence-corrected chi connectivity index (χ4v) is 6.95. The number of Topliss-reactive ketones (excluding diaryl/α,β-unsaturated/α-hetero) is 1. The number of ether oxygens (including phenoxy) is 2. The second kappa shape index (κ2) is 16.8. The molecule has 1 saturated heterocycles. The molecule has 50 heavy (non-hydrogen) atoms. The molecule has 265 valence electrons.